The van der Waals surface area contributed by atoms with E-state index in [1.165, 1.54) is 5.56 Å². The number of carbonyl (C=O) groups is 2. The Labute approximate surface area is 188 Å². The average Bonchev–Trinajstić information content (AvgIpc) is 3.19. The molecule has 2 heterocycles. The van der Waals surface area contributed by atoms with Crippen LogP contribution in [0.1, 0.15) is 28.4 Å². The fourth-order valence-corrected chi connectivity index (χ4v) is 5.31. The third-order valence-electron chi connectivity index (χ3n) is 6.01. The number of amides is 2. The second-order valence-corrected chi connectivity index (χ2v) is 9.37. The Morgan fingerprint density at radius 2 is 1.81 bits per heavy atom. The minimum absolute atomic E-state index is 0.0363. The zero-order valence-electron chi connectivity index (χ0n) is 17.9. The molecule has 0 saturated carbocycles. The molecular weight excluding hydrogens is 408 g/mol. The number of nitrogens with zero attached hydrogens (tertiary/aromatic N) is 2. The highest BCUT2D eigenvalue weighted by Crippen LogP contribution is 2.30. The van der Waals surface area contributed by atoms with E-state index in [1.54, 1.807) is 6.07 Å². The maximum atomic E-state index is 12.7. The fraction of sp³-hybridized carbons (Fsp3) is 0.417. The van der Waals surface area contributed by atoms with Gasteiger partial charge in [0.15, 0.2) is 0 Å². The van der Waals surface area contributed by atoms with Crippen molar-refractivity contribution < 1.29 is 9.59 Å². The molecule has 2 atom stereocenters. The topological polar surface area (TPSA) is 64.7 Å². The van der Waals surface area contributed by atoms with Gasteiger partial charge >= 0.3 is 0 Å². The molecule has 7 heteroatoms. The molecule has 2 N–H and O–H groups in total. The first-order valence-electron chi connectivity index (χ1n) is 10.9. The van der Waals surface area contributed by atoms with Gasteiger partial charge in [-0.3, -0.25) is 14.5 Å². The van der Waals surface area contributed by atoms with E-state index in [1.807, 2.05) is 40.9 Å². The van der Waals surface area contributed by atoms with Gasteiger partial charge in [-0.15, -0.1) is 0 Å². The number of hydrogen-bond acceptors (Lipinski definition) is 5. The minimum Gasteiger partial charge on any atom is -0.337 e. The number of anilines is 1. The summed E-state index contributed by atoms with van der Waals surface area (Å²) in [7, 11) is 2.13. The zero-order chi connectivity index (χ0) is 21.6. The summed E-state index contributed by atoms with van der Waals surface area (Å²) in [4.78, 5) is 29.5. The van der Waals surface area contributed by atoms with Crippen molar-refractivity contribution in [2.75, 3.05) is 50.0 Å². The van der Waals surface area contributed by atoms with E-state index in [9.17, 15) is 9.59 Å². The molecule has 0 radical (unpaired) electrons. The maximum absolute atomic E-state index is 12.7. The smallest absolute Gasteiger partial charge is 0.253 e. The summed E-state index contributed by atoms with van der Waals surface area (Å²) < 4.78 is 0. The molecule has 31 heavy (non-hydrogen) atoms. The van der Waals surface area contributed by atoms with Crippen molar-refractivity contribution in [3.8, 4) is 0 Å². The van der Waals surface area contributed by atoms with Gasteiger partial charge < -0.3 is 15.5 Å². The fourth-order valence-electron chi connectivity index (χ4n) is 4.41. The average molecular weight is 439 g/mol. The first-order valence-corrected chi connectivity index (χ1v) is 12.0. The Balaban J connectivity index is 1.33. The molecule has 2 fully saturated rings. The van der Waals surface area contributed by atoms with Crippen molar-refractivity contribution in [2.24, 2.45) is 0 Å². The number of nitrogens with one attached hydrogen (secondary N) is 2. The largest absolute Gasteiger partial charge is 0.337 e. The molecule has 0 unspecified atom stereocenters. The first kappa shape index (κ1) is 21.9. The normalized spacial score (nSPS) is 21.8. The Morgan fingerprint density at radius 3 is 2.58 bits per heavy atom. The van der Waals surface area contributed by atoms with Crippen LogP contribution in [0.2, 0.25) is 0 Å². The molecule has 2 amide bonds. The Kier molecular flexibility index (Phi) is 7.27. The van der Waals surface area contributed by atoms with Gasteiger partial charge in [0.25, 0.3) is 5.91 Å². The van der Waals surface area contributed by atoms with Gasteiger partial charge in [0.2, 0.25) is 5.91 Å². The maximum Gasteiger partial charge on any atom is 0.253 e. The summed E-state index contributed by atoms with van der Waals surface area (Å²) in [5, 5.41) is 6.38. The van der Waals surface area contributed by atoms with Crippen LogP contribution < -0.4 is 10.6 Å². The van der Waals surface area contributed by atoms with E-state index in [0.29, 0.717) is 11.3 Å². The van der Waals surface area contributed by atoms with Crippen LogP contribution in [0.3, 0.4) is 0 Å². The minimum atomic E-state index is -0.0969. The molecule has 0 aromatic heterocycles. The van der Waals surface area contributed by atoms with Crippen LogP contribution >= 0.6 is 11.8 Å². The third kappa shape index (κ3) is 5.47. The van der Waals surface area contributed by atoms with Crippen molar-refractivity contribution in [1.82, 2.24) is 15.1 Å². The van der Waals surface area contributed by atoms with Crippen LogP contribution in [0.5, 0.6) is 0 Å². The highest BCUT2D eigenvalue weighted by Gasteiger charge is 2.32. The lowest BCUT2D eigenvalue weighted by molar-refractivity contribution is -0.115. The Bertz CT molecular complexity index is 901. The lowest BCUT2D eigenvalue weighted by Crippen LogP contribution is -2.39. The van der Waals surface area contributed by atoms with Crippen molar-refractivity contribution in [3.63, 3.8) is 0 Å². The highest BCUT2D eigenvalue weighted by molar-refractivity contribution is 7.99. The van der Waals surface area contributed by atoms with Gasteiger partial charge in [-0.05, 0) is 37.2 Å². The molecule has 164 valence electrons. The standard InChI is InChI=1S/C24H30N4O2S/c1-27-11-10-21(23(27)18-6-3-2-4-7-18)25-17-22(29)26-20-9-5-8-19(16-20)24(30)28-12-14-31-15-13-28/h2-9,16,21,23,25H,10-15,17H2,1H3,(H,26,29)/t21-,23-/m1/s1. The third-order valence-corrected chi connectivity index (χ3v) is 6.95. The van der Waals surface area contributed by atoms with Crippen LogP contribution in [-0.4, -0.2) is 72.4 Å². The number of likely N-dealkylation sites (tertiary alicyclic amines) is 1. The SMILES string of the molecule is CN1CC[C@@H](NCC(=O)Nc2cccc(C(=O)N3CCSCC3)c2)[C@H]1c1ccccc1. The Morgan fingerprint density at radius 1 is 1.03 bits per heavy atom. The van der Waals surface area contributed by atoms with E-state index >= 15 is 0 Å². The summed E-state index contributed by atoms with van der Waals surface area (Å²) in [6.45, 7) is 2.80. The van der Waals surface area contributed by atoms with Crippen molar-refractivity contribution >= 4 is 29.3 Å². The number of carbonyl (C=O) groups excluding carboxylic acids is 2. The van der Waals surface area contributed by atoms with Crippen LogP contribution in [0.15, 0.2) is 54.6 Å². The van der Waals surface area contributed by atoms with E-state index in [0.717, 1.165) is 37.6 Å². The quantitative estimate of drug-likeness (QED) is 0.726. The van der Waals surface area contributed by atoms with Crippen LogP contribution in [-0.2, 0) is 4.79 Å². The van der Waals surface area contributed by atoms with Crippen LogP contribution in [0.25, 0.3) is 0 Å². The molecule has 0 spiro atoms. The monoisotopic (exact) mass is 438 g/mol. The molecule has 2 aliphatic heterocycles. The van der Waals surface area contributed by atoms with Gasteiger partial charge in [-0.1, -0.05) is 36.4 Å². The summed E-state index contributed by atoms with van der Waals surface area (Å²) in [5.41, 5.74) is 2.55. The molecule has 0 bridgehead atoms. The number of likely N-dealkylation sites (N-methyl/N-ethyl adjacent to an activating group) is 1. The molecule has 2 saturated heterocycles. The van der Waals surface area contributed by atoms with Crippen LogP contribution in [0.4, 0.5) is 5.69 Å². The summed E-state index contributed by atoms with van der Waals surface area (Å²) in [6.07, 6.45) is 1.00. The van der Waals surface area contributed by atoms with E-state index in [-0.39, 0.29) is 30.4 Å². The molecule has 0 aliphatic carbocycles. The lowest BCUT2D eigenvalue weighted by Gasteiger charge is -2.26. The van der Waals surface area contributed by atoms with E-state index in [2.05, 4.69) is 46.8 Å². The summed E-state index contributed by atoms with van der Waals surface area (Å²) >= 11 is 1.88. The number of rotatable bonds is 6. The molecule has 4 rings (SSSR count). The second-order valence-electron chi connectivity index (χ2n) is 8.15. The molecule has 2 aromatic carbocycles. The molecule has 2 aliphatic rings. The van der Waals surface area contributed by atoms with Gasteiger partial charge in [-0.2, -0.15) is 11.8 Å². The molecular formula is C24H30N4O2S. The number of benzene rings is 2. The van der Waals surface area contributed by atoms with Crippen molar-refractivity contribution in [3.05, 3.63) is 65.7 Å². The predicted molar refractivity (Wildman–Crippen MR) is 127 cm³/mol. The first-order chi connectivity index (χ1) is 15.1. The van der Waals surface area contributed by atoms with Gasteiger partial charge in [-0.25, -0.2) is 0 Å². The zero-order valence-corrected chi connectivity index (χ0v) is 18.7. The van der Waals surface area contributed by atoms with E-state index < -0.39 is 0 Å². The Hall–Kier alpha value is -2.35. The van der Waals surface area contributed by atoms with Crippen LogP contribution in [0, 0.1) is 0 Å². The van der Waals surface area contributed by atoms with Crippen molar-refractivity contribution in [1.29, 1.82) is 0 Å². The predicted octanol–water partition coefficient (Wildman–Crippen LogP) is 2.85. The summed E-state index contributed by atoms with van der Waals surface area (Å²) in [6, 6.07) is 18.2. The van der Waals surface area contributed by atoms with Gasteiger partial charge in [0.05, 0.1) is 6.54 Å². The van der Waals surface area contributed by atoms with Crippen molar-refractivity contribution in [2.45, 2.75) is 18.5 Å². The van der Waals surface area contributed by atoms with E-state index in [4.69, 9.17) is 0 Å². The number of hydrogen-bond donors (Lipinski definition) is 2. The number of thioether (sulfide) groups is 1. The molecule has 2 aromatic rings. The summed E-state index contributed by atoms with van der Waals surface area (Å²) in [5.74, 6) is 1.90. The van der Waals surface area contributed by atoms with Gasteiger partial charge in [0, 0.05) is 54.5 Å². The highest BCUT2D eigenvalue weighted by atomic mass is 32.2. The lowest BCUT2D eigenvalue weighted by atomic mass is 10.0. The second kappa shape index (κ2) is 10.3. The van der Waals surface area contributed by atoms with Gasteiger partial charge in [0.1, 0.15) is 0 Å². The molecule has 6 nitrogen and oxygen atoms in total.